The lowest BCUT2D eigenvalue weighted by Crippen LogP contribution is -2.48. The predicted octanol–water partition coefficient (Wildman–Crippen LogP) is 2.09. The zero-order valence-electron chi connectivity index (χ0n) is 14.0. The molecular weight excluding hydrogens is 274 g/mol. The molecule has 122 valence electrons. The van der Waals surface area contributed by atoms with Crippen LogP contribution in [0.25, 0.3) is 0 Å². The Morgan fingerprint density at radius 3 is 2.41 bits per heavy atom. The Labute approximate surface area is 134 Å². The second-order valence-electron chi connectivity index (χ2n) is 6.59. The zero-order chi connectivity index (χ0) is 16.1. The highest BCUT2D eigenvalue weighted by atomic mass is 16.2. The molecule has 0 aliphatic carbocycles. The van der Waals surface area contributed by atoms with Gasteiger partial charge < -0.3 is 10.6 Å². The van der Waals surface area contributed by atoms with Gasteiger partial charge in [-0.3, -0.25) is 9.69 Å². The minimum atomic E-state index is -0.104. The molecule has 0 radical (unpaired) electrons. The van der Waals surface area contributed by atoms with Crippen LogP contribution in [-0.2, 0) is 11.3 Å². The highest BCUT2D eigenvalue weighted by Crippen LogP contribution is 2.19. The van der Waals surface area contributed by atoms with Gasteiger partial charge in [0.1, 0.15) is 0 Å². The van der Waals surface area contributed by atoms with Crippen LogP contribution in [0.3, 0.4) is 0 Å². The third kappa shape index (κ3) is 4.31. The third-order valence-electron chi connectivity index (χ3n) is 4.88. The van der Waals surface area contributed by atoms with E-state index in [0.29, 0.717) is 6.04 Å². The van der Waals surface area contributed by atoms with Crippen LogP contribution >= 0.6 is 0 Å². The van der Waals surface area contributed by atoms with Gasteiger partial charge in [0, 0.05) is 38.8 Å². The van der Waals surface area contributed by atoms with Crippen LogP contribution in [0.4, 0.5) is 0 Å². The fourth-order valence-corrected chi connectivity index (χ4v) is 3.03. The molecular formula is C18H29N3O. The molecule has 0 aromatic heterocycles. The molecule has 4 nitrogen and oxygen atoms in total. The fraction of sp³-hybridized carbons (Fsp3) is 0.611. The van der Waals surface area contributed by atoms with Gasteiger partial charge in [-0.25, -0.2) is 0 Å². The van der Waals surface area contributed by atoms with Gasteiger partial charge in [-0.15, -0.1) is 0 Å². The molecule has 22 heavy (non-hydrogen) atoms. The number of likely N-dealkylation sites (tertiary alicyclic amines) is 1. The van der Waals surface area contributed by atoms with Gasteiger partial charge in [-0.05, 0) is 25.3 Å². The Morgan fingerprint density at radius 2 is 1.86 bits per heavy atom. The average Bonchev–Trinajstić information content (AvgIpc) is 2.54. The summed E-state index contributed by atoms with van der Waals surface area (Å²) in [4.78, 5) is 16.8. The van der Waals surface area contributed by atoms with Gasteiger partial charge in [-0.2, -0.15) is 0 Å². The Bertz CT molecular complexity index is 466. The number of rotatable bonds is 5. The maximum absolute atomic E-state index is 12.4. The van der Waals surface area contributed by atoms with Gasteiger partial charge in [0.25, 0.3) is 0 Å². The van der Waals surface area contributed by atoms with Crippen molar-refractivity contribution in [1.82, 2.24) is 9.80 Å². The smallest absolute Gasteiger partial charge is 0.226 e. The van der Waals surface area contributed by atoms with Gasteiger partial charge in [0.2, 0.25) is 5.91 Å². The van der Waals surface area contributed by atoms with E-state index in [0.717, 1.165) is 32.5 Å². The first-order valence-corrected chi connectivity index (χ1v) is 8.27. The number of carbonyl (C=O) groups excluding carboxylic acids is 1. The largest absolute Gasteiger partial charge is 0.342 e. The molecule has 2 N–H and O–H groups in total. The van der Waals surface area contributed by atoms with Gasteiger partial charge in [0.05, 0.1) is 5.92 Å². The monoisotopic (exact) mass is 303 g/mol. The molecule has 2 rings (SSSR count). The van der Waals surface area contributed by atoms with E-state index >= 15 is 0 Å². The van der Waals surface area contributed by atoms with E-state index in [1.165, 1.54) is 5.56 Å². The number of hydrogen-bond donors (Lipinski definition) is 1. The summed E-state index contributed by atoms with van der Waals surface area (Å²) < 4.78 is 0. The van der Waals surface area contributed by atoms with E-state index in [4.69, 9.17) is 5.73 Å². The van der Waals surface area contributed by atoms with Crippen molar-refractivity contribution in [2.45, 2.75) is 45.3 Å². The van der Waals surface area contributed by atoms with Crippen LogP contribution in [0.1, 0.15) is 32.3 Å². The first-order chi connectivity index (χ1) is 10.5. The number of nitrogens with two attached hydrogens (primary N) is 1. The van der Waals surface area contributed by atoms with E-state index in [1.807, 2.05) is 25.8 Å². The summed E-state index contributed by atoms with van der Waals surface area (Å²) in [5.74, 6) is 0.0730. The molecule has 2 atom stereocenters. The summed E-state index contributed by atoms with van der Waals surface area (Å²) in [5.41, 5.74) is 7.21. The van der Waals surface area contributed by atoms with Crippen LogP contribution in [0, 0.1) is 5.92 Å². The van der Waals surface area contributed by atoms with Crippen molar-refractivity contribution >= 4 is 5.91 Å². The van der Waals surface area contributed by atoms with Crippen LogP contribution < -0.4 is 5.73 Å². The number of amides is 1. The third-order valence-corrected chi connectivity index (χ3v) is 4.88. The lowest BCUT2D eigenvalue weighted by Gasteiger charge is -2.38. The quantitative estimate of drug-likeness (QED) is 0.906. The maximum atomic E-state index is 12.4. The number of piperidine rings is 1. The molecule has 1 aromatic carbocycles. The van der Waals surface area contributed by atoms with Crippen molar-refractivity contribution in [2.75, 3.05) is 20.1 Å². The van der Waals surface area contributed by atoms with Crippen LogP contribution in [0.5, 0.6) is 0 Å². The number of nitrogens with zero attached hydrogens (tertiary/aromatic N) is 2. The average molecular weight is 303 g/mol. The van der Waals surface area contributed by atoms with Crippen molar-refractivity contribution in [3.8, 4) is 0 Å². The predicted molar refractivity (Wildman–Crippen MR) is 90.3 cm³/mol. The summed E-state index contributed by atoms with van der Waals surface area (Å²) >= 11 is 0. The minimum Gasteiger partial charge on any atom is -0.342 e. The lowest BCUT2D eigenvalue weighted by molar-refractivity contribution is -0.137. The second kappa shape index (κ2) is 7.75. The van der Waals surface area contributed by atoms with Crippen molar-refractivity contribution < 1.29 is 4.79 Å². The topological polar surface area (TPSA) is 49.6 Å². The molecule has 1 aliphatic heterocycles. The second-order valence-corrected chi connectivity index (χ2v) is 6.59. The highest BCUT2D eigenvalue weighted by molar-refractivity contribution is 5.79. The molecule has 1 saturated heterocycles. The van der Waals surface area contributed by atoms with Gasteiger partial charge in [-0.1, -0.05) is 37.3 Å². The molecule has 0 saturated carbocycles. The van der Waals surface area contributed by atoms with Crippen molar-refractivity contribution in [3.05, 3.63) is 35.9 Å². The summed E-state index contributed by atoms with van der Waals surface area (Å²) in [6.45, 7) is 6.92. The van der Waals surface area contributed by atoms with E-state index in [9.17, 15) is 4.79 Å². The molecule has 4 heteroatoms. The molecule has 1 aromatic rings. The van der Waals surface area contributed by atoms with Gasteiger partial charge >= 0.3 is 0 Å². The highest BCUT2D eigenvalue weighted by Gasteiger charge is 2.28. The Balaban J connectivity index is 1.83. The number of benzene rings is 1. The fourth-order valence-electron chi connectivity index (χ4n) is 3.03. The molecule has 1 heterocycles. The molecule has 1 aliphatic rings. The lowest BCUT2D eigenvalue weighted by atomic mass is 9.98. The van der Waals surface area contributed by atoms with Crippen LogP contribution in [0.2, 0.25) is 0 Å². The summed E-state index contributed by atoms with van der Waals surface area (Å²) in [7, 11) is 1.93. The Morgan fingerprint density at radius 1 is 1.27 bits per heavy atom. The van der Waals surface area contributed by atoms with Gasteiger partial charge in [0.15, 0.2) is 0 Å². The van der Waals surface area contributed by atoms with Crippen LogP contribution in [0.15, 0.2) is 30.3 Å². The van der Waals surface area contributed by atoms with E-state index in [1.54, 1.807) is 0 Å². The van der Waals surface area contributed by atoms with Crippen molar-refractivity contribution in [3.63, 3.8) is 0 Å². The standard InChI is InChI=1S/C18H29N3O/c1-14(15(2)19)18(22)20(3)17-9-11-21(12-10-17)13-16-7-5-4-6-8-16/h4-8,14-15,17H,9-13,19H2,1-3H3. The summed E-state index contributed by atoms with van der Waals surface area (Å²) in [5, 5.41) is 0. The molecule has 2 unspecified atom stereocenters. The van der Waals surface area contributed by atoms with Crippen molar-refractivity contribution in [1.29, 1.82) is 0 Å². The molecule has 0 spiro atoms. The normalized spacial score (nSPS) is 19.6. The maximum Gasteiger partial charge on any atom is 0.226 e. The SMILES string of the molecule is CC(N)C(C)C(=O)N(C)C1CCN(Cc2ccccc2)CC1. The molecule has 1 amide bonds. The number of carbonyl (C=O) groups is 1. The first kappa shape index (κ1) is 17.0. The van der Waals surface area contributed by atoms with Crippen LogP contribution in [-0.4, -0.2) is 47.9 Å². The van der Waals surface area contributed by atoms with Crippen molar-refractivity contribution in [2.24, 2.45) is 11.7 Å². The minimum absolute atomic E-state index is 0.0897. The Hall–Kier alpha value is -1.39. The number of hydrogen-bond acceptors (Lipinski definition) is 3. The molecule has 1 fully saturated rings. The summed E-state index contributed by atoms with van der Waals surface area (Å²) in [6.07, 6.45) is 2.08. The van der Waals surface area contributed by atoms with E-state index < -0.39 is 0 Å². The summed E-state index contributed by atoms with van der Waals surface area (Å²) in [6, 6.07) is 10.8. The molecule has 0 bridgehead atoms. The first-order valence-electron chi connectivity index (χ1n) is 8.27. The Kier molecular flexibility index (Phi) is 5.98. The zero-order valence-corrected chi connectivity index (χ0v) is 14.0. The van der Waals surface area contributed by atoms with E-state index in [-0.39, 0.29) is 17.9 Å². The van der Waals surface area contributed by atoms with E-state index in [2.05, 4.69) is 35.2 Å².